The minimum atomic E-state index is 0.200. The van der Waals surface area contributed by atoms with Crippen molar-refractivity contribution in [2.75, 3.05) is 30.2 Å². The number of ether oxygens (including phenoxy) is 1. The predicted molar refractivity (Wildman–Crippen MR) is 90.8 cm³/mol. The Labute approximate surface area is 137 Å². The molecule has 0 bridgehead atoms. The maximum atomic E-state index is 9.18. The Hall–Kier alpha value is -0.850. The summed E-state index contributed by atoms with van der Waals surface area (Å²) in [5, 5.41) is 3.02. The fraction of sp³-hybridized carbons (Fsp3) is 0.538. The summed E-state index contributed by atoms with van der Waals surface area (Å²) in [5.74, 6) is 0.991. The largest absolute Gasteiger partial charge is 0.468 e. The maximum Gasteiger partial charge on any atom is 0.293 e. The second-order valence-electron chi connectivity index (χ2n) is 4.26. The van der Waals surface area contributed by atoms with Crippen LogP contribution in [-0.2, 0) is 9.53 Å². The highest BCUT2D eigenvalue weighted by Gasteiger charge is 2.14. The topological polar surface area (TPSA) is 55.3 Å². The maximum absolute atomic E-state index is 9.18. The number of hydrogen-bond donors (Lipinski definition) is 0. The van der Waals surface area contributed by atoms with Gasteiger partial charge in [-0.05, 0) is 37.6 Å². The lowest BCUT2D eigenvalue weighted by Crippen LogP contribution is -2.24. The molecule has 0 spiro atoms. The summed E-state index contributed by atoms with van der Waals surface area (Å²) in [7, 11) is 0.302. The fourth-order valence-electron chi connectivity index (χ4n) is 1.73. The van der Waals surface area contributed by atoms with E-state index in [1.54, 1.807) is 13.1 Å². The van der Waals surface area contributed by atoms with Gasteiger partial charge in [0.2, 0.25) is 5.28 Å². The minimum absolute atomic E-state index is 0.200. The van der Waals surface area contributed by atoms with Crippen molar-refractivity contribution < 1.29 is 9.53 Å². The van der Waals surface area contributed by atoms with Crippen molar-refractivity contribution in [1.82, 2.24) is 9.97 Å². The predicted octanol–water partition coefficient (Wildman–Crippen LogP) is 3.22. The van der Waals surface area contributed by atoms with Gasteiger partial charge in [0.25, 0.3) is 6.47 Å². The zero-order valence-electron chi connectivity index (χ0n) is 12.1. The molecule has 5 nitrogen and oxygen atoms in total. The van der Waals surface area contributed by atoms with E-state index in [0.29, 0.717) is 28.7 Å². The fourth-order valence-corrected chi connectivity index (χ4v) is 3.59. The van der Waals surface area contributed by atoms with E-state index in [9.17, 15) is 4.79 Å². The van der Waals surface area contributed by atoms with Crippen molar-refractivity contribution in [3.8, 4) is 0 Å². The van der Waals surface area contributed by atoms with E-state index in [-0.39, 0.29) is 5.28 Å². The second-order valence-corrected chi connectivity index (χ2v) is 6.93. The van der Waals surface area contributed by atoms with Crippen LogP contribution in [0.5, 0.6) is 0 Å². The van der Waals surface area contributed by atoms with E-state index < -0.39 is 0 Å². The van der Waals surface area contributed by atoms with E-state index in [4.69, 9.17) is 23.2 Å². The van der Waals surface area contributed by atoms with Gasteiger partial charge < -0.3 is 9.64 Å². The summed E-state index contributed by atoms with van der Waals surface area (Å²) in [6.45, 7) is 3.66. The average molecular weight is 352 g/mol. The molecule has 2 heterocycles. The first kappa shape index (κ1) is 18.2. The summed E-state index contributed by atoms with van der Waals surface area (Å²) in [4.78, 5) is 19.4. The molecule has 0 saturated heterocycles. The van der Waals surface area contributed by atoms with E-state index in [2.05, 4.69) is 31.2 Å². The molecule has 0 N–H and O–H groups in total. The van der Waals surface area contributed by atoms with E-state index >= 15 is 0 Å². The molecular formula is C13H19Cl2N3O2S. The van der Waals surface area contributed by atoms with Crippen LogP contribution in [0.15, 0.2) is 6.20 Å². The zero-order chi connectivity index (χ0) is 15.7. The standard InChI is InChI=1S/C10H13Cl2N3S.C3H6O2/c1-16-5-3-2-4-15(7-16)8-6-13-10(12)14-9(8)11;1-2-5-3-4/h5-6H,2-4,7H2,1H3;3H,2H2,1H3. The summed E-state index contributed by atoms with van der Waals surface area (Å²) in [6, 6.07) is 0. The van der Waals surface area contributed by atoms with E-state index in [0.717, 1.165) is 24.5 Å². The molecule has 2 rings (SSSR count). The molecule has 1 aliphatic heterocycles. The van der Waals surface area contributed by atoms with Gasteiger partial charge in [0.1, 0.15) is 0 Å². The number of anilines is 1. The first-order valence-electron chi connectivity index (χ1n) is 6.51. The Bertz CT molecular complexity index is 500. The van der Waals surface area contributed by atoms with Gasteiger partial charge in [-0.15, -0.1) is 0 Å². The Morgan fingerprint density at radius 3 is 2.86 bits per heavy atom. The number of hydrogen-bond acceptors (Lipinski definition) is 5. The smallest absolute Gasteiger partial charge is 0.293 e. The van der Waals surface area contributed by atoms with Crippen LogP contribution in [0.3, 0.4) is 0 Å². The Morgan fingerprint density at radius 2 is 2.29 bits per heavy atom. The molecule has 0 saturated carbocycles. The summed E-state index contributed by atoms with van der Waals surface area (Å²) >= 11 is 11.8. The van der Waals surface area contributed by atoms with Gasteiger partial charge in [0.05, 0.1) is 24.4 Å². The van der Waals surface area contributed by atoms with Gasteiger partial charge in [0, 0.05) is 6.54 Å². The molecule has 1 unspecified atom stereocenters. The number of halogens is 2. The number of rotatable bonds is 3. The molecule has 0 amide bonds. The zero-order valence-corrected chi connectivity index (χ0v) is 14.4. The lowest BCUT2D eigenvalue weighted by Gasteiger charge is -2.23. The van der Waals surface area contributed by atoms with E-state index in [1.807, 2.05) is 0 Å². The molecule has 1 aromatic heterocycles. The first-order chi connectivity index (χ1) is 10.1. The van der Waals surface area contributed by atoms with Crippen molar-refractivity contribution in [2.24, 2.45) is 0 Å². The Balaban J connectivity index is 0.000000383. The third kappa shape index (κ3) is 6.63. The number of nitrogens with zero attached hydrogens (tertiary/aromatic N) is 3. The molecule has 1 aromatic rings. The lowest BCUT2D eigenvalue weighted by molar-refractivity contribution is -0.128. The van der Waals surface area contributed by atoms with Gasteiger partial charge >= 0.3 is 0 Å². The van der Waals surface area contributed by atoms with Crippen LogP contribution < -0.4 is 4.90 Å². The van der Waals surface area contributed by atoms with Gasteiger partial charge in [-0.1, -0.05) is 17.0 Å². The quantitative estimate of drug-likeness (QED) is 0.362. The summed E-state index contributed by atoms with van der Waals surface area (Å²) < 4.78 is 4.15. The number of carbonyl (C=O) groups is 1. The third-order valence-electron chi connectivity index (χ3n) is 2.66. The number of carbonyl (C=O) groups excluding carboxylic acids is 1. The normalized spacial score (nSPS) is 17.9. The SMILES string of the molecule is CCOC=O.CS1=CCCCN(c2cnc(Cl)nc2Cl)C1. The van der Waals surface area contributed by atoms with Gasteiger partial charge in [-0.3, -0.25) is 4.79 Å². The molecule has 0 radical (unpaired) electrons. The first-order valence-corrected chi connectivity index (χ1v) is 9.13. The third-order valence-corrected chi connectivity index (χ3v) is 4.65. The summed E-state index contributed by atoms with van der Waals surface area (Å²) in [5.41, 5.74) is 0.890. The van der Waals surface area contributed by atoms with Crippen molar-refractivity contribution in [3.63, 3.8) is 0 Å². The Morgan fingerprint density at radius 1 is 1.52 bits per heavy atom. The van der Waals surface area contributed by atoms with Gasteiger partial charge in [-0.2, -0.15) is 10.5 Å². The highest BCUT2D eigenvalue weighted by atomic mass is 35.5. The van der Waals surface area contributed by atoms with Crippen molar-refractivity contribution in [1.29, 1.82) is 0 Å². The van der Waals surface area contributed by atoms with Gasteiger partial charge in [-0.25, -0.2) is 9.97 Å². The molecule has 21 heavy (non-hydrogen) atoms. The van der Waals surface area contributed by atoms with Crippen LogP contribution in [0, 0.1) is 0 Å². The molecule has 0 aliphatic carbocycles. The molecular weight excluding hydrogens is 333 g/mol. The summed E-state index contributed by atoms with van der Waals surface area (Å²) in [6.07, 6.45) is 6.27. The minimum Gasteiger partial charge on any atom is -0.468 e. The molecule has 8 heteroatoms. The number of aromatic nitrogens is 2. The molecule has 1 atom stereocenters. The Kier molecular flexibility index (Phi) is 8.64. The van der Waals surface area contributed by atoms with Gasteiger partial charge in [0.15, 0.2) is 5.15 Å². The monoisotopic (exact) mass is 351 g/mol. The van der Waals surface area contributed by atoms with Crippen LogP contribution in [0.1, 0.15) is 19.8 Å². The lowest BCUT2D eigenvalue weighted by atomic mass is 10.3. The second kappa shape index (κ2) is 9.97. The highest BCUT2D eigenvalue weighted by molar-refractivity contribution is 8.14. The highest BCUT2D eigenvalue weighted by Crippen LogP contribution is 2.27. The van der Waals surface area contributed by atoms with Crippen LogP contribution >= 0.6 is 33.7 Å². The van der Waals surface area contributed by atoms with Crippen molar-refractivity contribution in [2.45, 2.75) is 19.8 Å². The molecule has 1 aliphatic rings. The molecule has 0 aromatic carbocycles. The van der Waals surface area contributed by atoms with E-state index in [1.165, 1.54) is 6.42 Å². The van der Waals surface area contributed by atoms with Crippen LogP contribution in [0.4, 0.5) is 5.69 Å². The van der Waals surface area contributed by atoms with Crippen LogP contribution in [0.25, 0.3) is 0 Å². The van der Waals surface area contributed by atoms with Crippen molar-refractivity contribution in [3.05, 3.63) is 16.6 Å². The average Bonchev–Trinajstić information content (AvgIpc) is 2.65. The van der Waals surface area contributed by atoms with Crippen LogP contribution in [0.2, 0.25) is 10.4 Å². The molecule has 0 fully saturated rings. The van der Waals surface area contributed by atoms with Crippen LogP contribution in [-0.4, -0.2) is 47.1 Å². The van der Waals surface area contributed by atoms with Crippen molar-refractivity contribution >= 4 is 51.2 Å². The molecule has 118 valence electrons.